The standard InChI is InChI=1S/C22H24FNO2S/c1-17-5-2-3-7-22(17)26-16-20(25)14-24(15-21-6-4-12-27-21)13-18-8-10-19(23)11-9-18/h2-12,20,25H,13-16H2,1H3. The molecule has 0 amide bonds. The van der Waals surface area contributed by atoms with Crippen molar-refractivity contribution < 1.29 is 14.2 Å². The maximum absolute atomic E-state index is 13.2. The normalized spacial score (nSPS) is 12.3. The van der Waals surface area contributed by atoms with Crippen molar-refractivity contribution in [3.8, 4) is 5.75 Å². The molecule has 1 unspecified atom stereocenters. The van der Waals surface area contributed by atoms with Gasteiger partial charge >= 0.3 is 0 Å². The predicted molar refractivity (Wildman–Crippen MR) is 108 cm³/mol. The highest BCUT2D eigenvalue weighted by molar-refractivity contribution is 7.09. The fourth-order valence-electron chi connectivity index (χ4n) is 2.91. The number of hydrogen-bond acceptors (Lipinski definition) is 4. The molecule has 0 saturated heterocycles. The molecule has 2 aromatic carbocycles. The third kappa shape index (κ3) is 6.17. The van der Waals surface area contributed by atoms with E-state index in [1.807, 2.05) is 42.6 Å². The molecule has 0 spiro atoms. The molecular formula is C22H24FNO2S. The van der Waals surface area contributed by atoms with E-state index in [-0.39, 0.29) is 12.4 Å². The smallest absolute Gasteiger partial charge is 0.123 e. The van der Waals surface area contributed by atoms with Crippen LogP contribution in [0.4, 0.5) is 4.39 Å². The monoisotopic (exact) mass is 385 g/mol. The number of rotatable bonds is 9. The second kappa shape index (κ2) is 9.65. The van der Waals surface area contributed by atoms with Crippen molar-refractivity contribution in [3.05, 3.63) is 87.9 Å². The summed E-state index contributed by atoms with van der Waals surface area (Å²) in [7, 11) is 0. The van der Waals surface area contributed by atoms with Gasteiger partial charge in [0.2, 0.25) is 0 Å². The Labute approximate surface area is 163 Å². The number of aliphatic hydroxyl groups is 1. The number of ether oxygens (including phenoxy) is 1. The van der Waals surface area contributed by atoms with Gasteiger partial charge in [0.1, 0.15) is 24.3 Å². The first-order valence-electron chi connectivity index (χ1n) is 8.96. The van der Waals surface area contributed by atoms with Crippen LogP contribution in [-0.4, -0.2) is 29.3 Å². The minimum Gasteiger partial charge on any atom is -0.491 e. The average Bonchev–Trinajstić information content (AvgIpc) is 3.16. The van der Waals surface area contributed by atoms with Gasteiger partial charge in [-0.3, -0.25) is 4.90 Å². The number of thiophene rings is 1. The largest absolute Gasteiger partial charge is 0.491 e. The lowest BCUT2D eigenvalue weighted by molar-refractivity contribution is 0.0630. The van der Waals surface area contributed by atoms with E-state index in [0.29, 0.717) is 13.1 Å². The fourth-order valence-corrected chi connectivity index (χ4v) is 3.66. The van der Waals surface area contributed by atoms with Crippen LogP contribution in [0.25, 0.3) is 0 Å². The summed E-state index contributed by atoms with van der Waals surface area (Å²) < 4.78 is 18.9. The summed E-state index contributed by atoms with van der Waals surface area (Å²) >= 11 is 1.69. The zero-order chi connectivity index (χ0) is 19.1. The molecule has 0 fully saturated rings. The minimum absolute atomic E-state index is 0.231. The van der Waals surface area contributed by atoms with Crippen LogP contribution in [0, 0.1) is 12.7 Å². The first-order valence-corrected chi connectivity index (χ1v) is 9.84. The summed E-state index contributed by atoms with van der Waals surface area (Å²) in [6.07, 6.45) is -0.620. The minimum atomic E-state index is -0.620. The lowest BCUT2D eigenvalue weighted by Crippen LogP contribution is -2.35. The maximum atomic E-state index is 13.2. The second-order valence-corrected chi connectivity index (χ2v) is 7.64. The molecule has 142 valence electrons. The average molecular weight is 386 g/mol. The summed E-state index contributed by atoms with van der Waals surface area (Å²) in [5, 5.41) is 12.5. The number of aryl methyl sites for hydroxylation is 1. The summed E-state index contributed by atoms with van der Waals surface area (Å²) in [5.74, 6) is 0.551. The molecule has 0 aliphatic carbocycles. The van der Waals surface area contributed by atoms with E-state index in [0.717, 1.165) is 23.4 Å². The molecule has 0 radical (unpaired) electrons. The molecule has 0 bridgehead atoms. The van der Waals surface area contributed by atoms with Gasteiger partial charge in [-0.1, -0.05) is 36.4 Å². The van der Waals surface area contributed by atoms with Gasteiger partial charge in [0.25, 0.3) is 0 Å². The van der Waals surface area contributed by atoms with E-state index < -0.39 is 6.10 Å². The van der Waals surface area contributed by atoms with Crippen molar-refractivity contribution in [2.24, 2.45) is 0 Å². The molecule has 3 aromatic rings. The third-order valence-corrected chi connectivity index (χ3v) is 5.13. The van der Waals surface area contributed by atoms with Crippen LogP contribution >= 0.6 is 11.3 Å². The SMILES string of the molecule is Cc1ccccc1OCC(O)CN(Cc1ccc(F)cc1)Cc1cccs1. The number of benzene rings is 2. The molecule has 0 aliphatic heterocycles. The van der Waals surface area contributed by atoms with Crippen molar-refractivity contribution >= 4 is 11.3 Å². The second-order valence-electron chi connectivity index (χ2n) is 6.61. The van der Waals surface area contributed by atoms with Crippen LogP contribution in [0.1, 0.15) is 16.0 Å². The van der Waals surface area contributed by atoms with Crippen molar-refractivity contribution in [2.45, 2.75) is 26.1 Å². The Bertz CT molecular complexity index is 821. The number of hydrogen-bond donors (Lipinski definition) is 1. The van der Waals surface area contributed by atoms with E-state index >= 15 is 0 Å². The number of nitrogens with zero attached hydrogens (tertiary/aromatic N) is 1. The number of para-hydroxylation sites is 1. The van der Waals surface area contributed by atoms with E-state index in [9.17, 15) is 9.50 Å². The van der Waals surface area contributed by atoms with Crippen LogP contribution in [-0.2, 0) is 13.1 Å². The Balaban J connectivity index is 1.61. The first-order chi connectivity index (χ1) is 13.1. The molecule has 1 aromatic heterocycles. The molecule has 1 atom stereocenters. The molecule has 3 nitrogen and oxygen atoms in total. The van der Waals surface area contributed by atoms with Crippen LogP contribution in [0.3, 0.4) is 0 Å². The lowest BCUT2D eigenvalue weighted by Gasteiger charge is -2.25. The van der Waals surface area contributed by atoms with Crippen LogP contribution in [0.5, 0.6) is 5.75 Å². The molecule has 1 heterocycles. The van der Waals surface area contributed by atoms with Gasteiger partial charge in [-0.25, -0.2) is 4.39 Å². The predicted octanol–water partition coefficient (Wildman–Crippen LogP) is 4.64. The molecule has 3 rings (SSSR count). The van der Waals surface area contributed by atoms with Crippen molar-refractivity contribution in [1.29, 1.82) is 0 Å². The number of halogens is 1. The van der Waals surface area contributed by atoms with E-state index in [4.69, 9.17) is 4.74 Å². The van der Waals surface area contributed by atoms with Crippen molar-refractivity contribution in [1.82, 2.24) is 4.90 Å². The highest BCUT2D eigenvalue weighted by atomic mass is 32.1. The van der Waals surface area contributed by atoms with Gasteiger partial charge in [-0.05, 0) is 47.7 Å². The molecule has 5 heteroatoms. The zero-order valence-electron chi connectivity index (χ0n) is 15.3. The topological polar surface area (TPSA) is 32.7 Å². The highest BCUT2D eigenvalue weighted by Crippen LogP contribution is 2.18. The Morgan fingerprint density at radius 2 is 1.81 bits per heavy atom. The van der Waals surface area contributed by atoms with Crippen molar-refractivity contribution in [2.75, 3.05) is 13.2 Å². The fraction of sp³-hybridized carbons (Fsp3) is 0.273. The Morgan fingerprint density at radius 3 is 2.52 bits per heavy atom. The quantitative estimate of drug-likeness (QED) is 0.583. The molecule has 27 heavy (non-hydrogen) atoms. The molecule has 1 N–H and O–H groups in total. The van der Waals surface area contributed by atoms with Crippen LogP contribution in [0.15, 0.2) is 66.0 Å². The van der Waals surface area contributed by atoms with Gasteiger partial charge in [-0.15, -0.1) is 11.3 Å². The van der Waals surface area contributed by atoms with Crippen molar-refractivity contribution in [3.63, 3.8) is 0 Å². The zero-order valence-corrected chi connectivity index (χ0v) is 16.2. The van der Waals surface area contributed by atoms with Gasteiger partial charge in [0.05, 0.1) is 0 Å². The summed E-state index contributed by atoms with van der Waals surface area (Å²) in [6, 6.07) is 18.4. The van der Waals surface area contributed by atoms with E-state index in [1.54, 1.807) is 23.5 Å². The third-order valence-electron chi connectivity index (χ3n) is 4.27. The van der Waals surface area contributed by atoms with Gasteiger partial charge in [0, 0.05) is 24.5 Å². The Morgan fingerprint density at radius 1 is 1.04 bits per heavy atom. The lowest BCUT2D eigenvalue weighted by atomic mass is 10.2. The summed E-state index contributed by atoms with van der Waals surface area (Å²) in [5.41, 5.74) is 2.06. The van der Waals surface area contributed by atoms with Gasteiger partial charge in [-0.2, -0.15) is 0 Å². The Hall–Kier alpha value is -2.21. The van der Waals surface area contributed by atoms with Crippen LogP contribution < -0.4 is 4.74 Å². The molecular weight excluding hydrogens is 361 g/mol. The number of aliphatic hydroxyl groups excluding tert-OH is 1. The summed E-state index contributed by atoms with van der Waals surface area (Å²) in [4.78, 5) is 3.38. The van der Waals surface area contributed by atoms with Crippen LogP contribution in [0.2, 0.25) is 0 Å². The van der Waals surface area contributed by atoms with E-state index in [2.05, 4.69) is 11.0 Å². The van der Waals surface area contributed by atoms with E-state index in [1.165, 1.54) is 17.0 Å². The maximum Gasteiger partial charge on any atom is 0.123 e. The molecule has 0 saturated carbocycles. The highest BCUT2D eigenvalue weighted by Gasteiger charge is 2.15. The molecule has 0 aliphatic rings. The first kappa shape index (κ1) is 19.5. The summed E-state index contributed by atoms with van der Waals surface area (Å²) in [6.45, 7) is 4.06. The van der Waals surface area contributed by atoms with Gasteiger partial charge in [0.15, 0.2) is 0 Å². The Kier molecular flexibility index (Phi) is 6.98. The van der Waals surface area contributed by atoms with Gasteiger partial charge < -0.3 is 9.84 Å².